The van der Waals surface area contributed by atoms with Crippen LogP contribution >= 0.6 is 0 Å². The van der Waals surface area contributed by atoms with Gasteiger partial charge in [0.25, 0.3) is 0 Å². The smallest absolute Gasteiger partial charge is 0.160 e. The number of para-hydroxylation sites is 1. The Morgan fingerprint density at radius 2 is 2.35 bits per heavy atom. The number of rotatable bonds is 6. The van der Waals surface area contributed by atoms with Crippen molar-refractivity contribution in [3.8, 4) is 5.75 Å². The lowest BCUT2D eigenvalue weighted by Gasteiger charge is -2.07. The van der Waals surface area contributed by atoms with Crippen molar-refractivity contribution >= 4 is 0 Å². The van der Waals surface area contributed by atoms with E-state index < -0.39 is 0 Å². The van der Waals surface area contributed by atoms with Crippen molar-refractivity contribution in [2.24, 2.45) is 0 Å². The normalized spacial score (nSPS) is 16.9. The van der Waals surface area contributed by atoms with Crippen LogP contribution < -0.4 is 10.1 Å². The summed E-state index contributed by atoms with van der Waals surface area (Å²) in [5.41, 5.74) is 2.31. The molecule has 0 spiro atoms. The van der Waals surface area contributed by atoms with Gasteiger partial charge < -0.3 is 19.8 Å². The fraction of sp³-hybridized carbons (Fsp3) is 0.400. The molecule has 1 atom stereocenters. The zero-order chi connectivity index (χ0) is 13.8. The van der Waals surface area contributed by atoms with Crippen molar-refractivity contribution in [3.05, 3.63) is 47.5 Å². The number of nitrogens with zero attached hydrogens (tertiary/aromatic N) is 1. The molecule has 106 valence electrons. The minimum absolute atomic E-state index is 0.000116. The van der Waals surface area contributed by atoms with Gasteiger partial charge in [0.05, 0.1) is 6.61 Å². The monoisotopic (exact) mass is 273 g/mol. The average molecular weight is 273 g/mol. The molecule has 3 rings (SSSR count). The van der Waals surface area contributed by atoms with E-state index in [9.17, 15) is 0 Å². The summed E-state index contributed by atoms with van der Waals surface area (Å²) in [5.74, 6) is 1.86. The molecule has 0 fully saturated rings. The van der Waals surface area contributed by atoms with Gasteiger partial charge in [-0.2, -0.15) is 0 Å². The number of ether oxygens (including phenoxy) is 2. The maximum absolute atomic E-state index is 5.92. The van der Waals surface area contributed by atoms with E-state index in [1.165, 1.54) is 5.56 Å². The fourth-order valence-electron chi connectivity index (χ4n) is 2.36. The predicted octanol–water partition coefficient (Wildman–Crippen LogP) is 1.82. The molecule has 0 aliphatic carbocycles. The van der Waals surface area contributed by atoms with Crippen LogP contribution in [-0.2, 0) is 17.7 Å². The van der Waals surface area contributed by atoms with Crippen molar-refractivity contribution in [2.75, 3.05) is 20.3 Å². The third kappa shape index (κ3) is 2.84. The Kier molecular flexibility index (Phi) is 3.99. The van der Waals surface area contributed by atoms with Crippen LogP contribution in [0, 0.1) is 0 Å². The number of hydrogen-bond donors (Lipinski definition) is 2. The standard InChI is InChI=1S/C15H19N3O2/c1-19-7-6-16-9-12-10-17-15(18-12)14-8-11-4-2-3-5-13(11)20-14/h2-5,10,14,16H,6-9H2,1H3,(H,17,18). The van der Waals surface area contributed by atoms with Crippen molar-refractivity contribution in [1.29, 1.82) is 0 Å². The Morgan fingerprint density at radius 3 is 3.20 bits per heavy atom. The largest absolute Gasteiger partial charge is 0.482 e. The molecular formula is C15H19N3O2. The number of fused-ring (bicyclic) bond motifs is 1. The molecule has 5 heteroatoms. The second kappa shape index (κ2) is 6.07. The number of hydrogen-bond acceptors (Lipinski definition) is 4. The minimum Gasteiger partial charge on any atom is -0.482 e. The van der Waals surface area contributed by atoms with Gasteiger partial charge in [-0.25, -0.2) is 4.98 Å². The Bertz CT molecular complexity index is 543. The molecule has 0 saturated heterocycles. The first-order valence-corrected chi connectivity index (χ1v) is 6.85. The molecule has 1 aliphatic heterocycles. The van der Waals surface area contributed by atoms with Gasteiger partial charge in [0.15, 0.2) is 6.10 Å². The number of imidazole rings is 1. The highest BCUT2D eigenvalue weighted by Crippen LogP contribution is 2.35. The number of benzene rings is 1. The van der Waals surface area contributed by atoms with Gasteiger partial charge in [0, 0.05) is 38.5 Å². The van der Waals surface area contributed by atoms with Crippen LogP contribution in [0.3, 0.4) is 0 Å². The maximum Gasteiger partial charge on any atom is 0.160 e. The number of aromatic nitrogens is 2. The summed E-state index contributed by atoms with van der Waals surface area (Å²) < 4.78 is 10.9. The first-order chi connectivity index (χ1) is 9.86. The molecule has 0 saturated carbocycles. The molecule has 2 N–H and O–H groups in total. The fourth-order valence-corrected chi connectivity index (χ4v) is 2.36. The van der Waals surface area contributed by atoms with Crippen molar-refractivity contribution in [1.82, 2.24) is 15.3 Å². The molecule has 5 nitrogen and oxygen atoms in total. The van der Waals surface area contributed by atoms with Gasteiger partial charge >= 0.3 is 0 Å². The van der Waals surface area contributed by atoms with Gasteiger partial charge in [0.1, 0.15) is 11.6 Å². The summed E-state index contributed by atoms with van der Waals surface area (Å²) in [4.78, 5) is 7.76. The predicted molar refractivity (Wildman–Crippen MR) is 75.7 cm³/mol. The summed E-state index contributed by atoms with van der Waals surface area (Å²) in [6.45, 7) is 2.30. The summed E-state index contributed by atoms with van der Waals surface area (Å²) in [6.07, 6.45) is 2.74. The van der Waals surface area contributed by atoms with Crippen molar-refractivity contribution < 1.29 is 9.47 Å². The van der Waals surface area contributed by atoms with E-state index in [1.807, 2.05) is 24.4 Å². The lowest BCUT2D eigenvalue weighted by molar-refractivity contribution is 0.199. The van der Waals surface area contributed by atoms with Gasteiger partial charge in [0.2, 0.25) is 0 Å². The topological polar surface area (TPSA) is 59.2 Å². The van der Waals surface area contributed by atoms with E-state index >= 15 is 0 Å². The quantitative estimate of drug-likeness (QED) is 0.788. The first kappa shape index (κ1) is 13.1. The molecular weight excluding hydrogens is 254 g/mol. The van der Waals surface area contributed by atoms with E-state index in [-0.39, 0.29) is 6.10 Å². The molecule has 2 heterocycles. The number of methoxy groups -OCH3 is 1. The second-order valence-electron chi connectivity index (χ2n) is 4.88. The summed E-state index contributed by atoms with van der Waals surface area (Å²) in [6, 6.07) is 8.14. The lowest BCUT2D eigenvalue weighted by atomic mass is 10.1. The molecule has 0 amide bonds. The SMILES string of the molecule is COCCNCc1cnc(C2Cc3ccccc3O2)[nH]1. The highest BCUT2D eigenvalue weighted by molar-refractivity contribution is 5.38. The van der Waals surface area contributed by atoms with E-state index in [4.69, 9.17) is 9.47 Å². The Morgan fingerprint density at radius 1 is 1.45 bits per heavy atom. The average Bonchev–Trinajstić information content (AvgIpc) is 3.09. The van der Waals surface area contributed by atoms with Crippen LogP contribution in [0.25, 0.3) is 0 Å². The highest BCUT2D eigenvalue weighted by atomic mass is 16.5. The maximum atomic E-state index is 5.92. The molecule has 2 aromatic rings. The highest BCUT2D eigenvalue weighted by Gasteiger charge is 2.26. The van der Waals surface area contributed by atoms with Crippen LogP contribution in [0.15, 0.2) is 30.5 Å². The van der Waals surface area contributed by atoms with Crippen LogP contribution in [-0.4, -0.2) is 30.2 Å². The Hall–Kier alpha value is -1.85. The van der Waals surface area contributed by atoms with Crippen LogP contribution in [0.1, 0.15) is 23.2 Å². The van der Waals surface area contributed by atoms with Gasteiger partial charge in [-0.3, -0.25) is 0 Å². The molecule has 1 unspecified atom stereocenters. The van der Waals surface area contributed by atoms with E-state index in [0.29, 0.717) is 6.61 Å². The molecule has 1 aromatic heterocycles. The van der Waals surface area contributed by atoms with Gasteiger partial charge in [-0.05, 0) is 11.6 Å². The zero-order valence-electron chi connectivity index (χ0n) is 11.6. The Balaban J connectivity index is 1.58. The zero-order valence-corrected chi connectivity index (χ0v) is 11.6. The third-order valence-electron chi connectivity index (χ3n) is 3.40. The van der Waals surface area contributed by atoms with Gasteiger partial charge in [-0.15, -0.1) is 0 Å². The van der Waals surface area contributed by atoms with E-state index in [0.717, 1.165) is 36.8 Å². The van der Waals surface area contributed by atoms with Crippen LogP contribution in [0.5, 0.6) is 5.75 Å². The lowest BCUT2D eigenvalue weighted by Crippen LogP contribution is -2.18. The summed E-state index contributed by atoms with van der Waals surface area (Å²) in [5, 5.41) is 3.29. The minimum atomic E-state index is 0.000116. The molecule has 0 radical (unpaired) electrons. The molecule has 20 heavy (non-hydrogen) atoms. The van der Waals surface area contributed by atoms with Crippen molar-refractivity contribution in [2.45, 2.75) is 19.1 Å². The molecule has 1 aromatic carbocycles. The Labute approximate surface area is 118 Å². The van der Waals surface area contributed by atoms with E-state index in [1.54, 1.807) is 7.11 Å². The molecule has 0 bridgehead atoms. The summed E-state index contributed by atoms with van der Waals surface area (Å²) >= 11 is 0. The summed E-state index contributed by atoms with van der Waals surface area (Å²) in [7, 11) is 1.70. The van der Waals surface area contributed by atoms with Gasteiger partial charge in [-0.1, -0.05) is 18.2 Å². The van der Waals surface area contributed by atoms with Crippen LogP contribution in [0.4, 0.5) is 0 Å². The number of nitrogens with one attached hydrogen (secondary N) is 2. The van der Waals surface area contributed by atoms with Crippen molar-refractivity contribution in [3.63, 3.8) is 0 Å². The third-order valence-corrected chi connectivity index (χ3v) is 3.40. The second-order valence-corrected chi connectivity index (χ2v) is 4.88. The van der Waals surface area contributed by atoms with E-state index in [2.05, 4.69) is 21.4 Å². The molecule has 1 aliphatic rings. The van der Waals surface area contributed by atoms with Crippen LogP contribution in [0.2, 0.25) is 0 Å². The first-order valence-electron chi connectivity index (χ1n) is 6.85. The number of H-pyrrole nitrogens is 1. The number of aromatic amines is 1.